The zero-order valence-corrected chi connectivity index (χ0v) is 24.5. The Morgan fingerprint density at radius 1 is 0.833 bits per heavy atom. The first-order chi connectivity index (χ1) is 20.4. The van der Waals surface area contributed by atoms with Crippen LogP contribution < -0.4 is 9.80 Å². The fourth-order valence-electron chi connectivity index (χ4n) is 7.26. The van der Waals surface area contributed by atoms with E-state index in [0.717, 1.165) is 5.69 Å². The molecule has 220 valence electrons. The Morgan fingerprint density at radius 3 is 2.19 bits per heavy atom. The van der Waals surface area contributed by atoms with E-state index in [0.29, 0.717) is 56.0 Å². The Bertz CT molecular complexity index is 1410. The van der Waals surface area contributed by atoms with Crippen LogP contribution in [0.3, 0.4) is 0 Å². The lowest BCUT2D eigenvalue weighted by molar-refractivity contribution is -0.145. The van der Waals surface area contributed by atoms with Gasteiger partial charge < -0.3 is 24.5 Å². The van der Waals surface area contributed by atoms with E-state index in [1.165, 1.54) is 0 Å². The van der Waals surface area contributed by atoms with Crippen LogP contribution in [0, 0.1) is 11.8 Å². The Morgan fingerprint density at radius 2 is 1.50 bits per heavy atom. The lowest BCUT2D eigenvalue weighted by atomic mass is 9.73. The Hall–Kier alpha value is -3.46. The summed E-state index contributed by atoms with van der Waals surface area (Å²) in [6.07, 6.45) is 10.1. The van der Waals surface area contributed by atoms with Gasteiger partial charge in [-0.3, -0.25) is 14.4 Å². The number of ether oxygens (including phenoxy) is 1. The summed E-state index contributed by atoms with van der Waals surface area (Å²) in [5.41, 5.74) is -0.926. The molecular formula is C33H36ClN3O5. The third-order valence-corrected chi connectivity index (χ3v) is 9.45. The molecule has 4 heterocycles. The molecule has 1 unspecified atom stereocenters. The molecule has 2 aromatic carbocycles. The van der Waals surface area contributed by atoms with E-state index in [4.69, 9.17) is 16.3 Å². The number of carbonyl (C=O) groups is 3. The highest BCUT2D eigenvalue weighted by atomic mass is 35.5. The van der Waals surface area contributed by atoms with Crippen LogP contribution in [-0.2, 0) is 19.1 Å². The van der Waals surface area contributed by atoms with Crippen molar-refractivity contribution < 1.29 is 24.2 Å². The number of anilines is 2. The van der Waals surface area contributed by atoms with E-state index in [1.807, 2.05) is 61.6 Å². The zero-order chi connectivity index (χ0) is 29.5. The van der Waals surface area contributed by atoms with Crippen LogP contribution >= 0.6 is 11.6 Å². The molecule has 9 heteroatoms. The monoisotopic (exact) mass is 589 g/mol. The number of hydrogen-bond acceptors (Lipinski definition) is 5. The molecule has 4 aliphatic rings. The summed E-state index contributed by atoms with van der Waals surface area (Å²) < 4.78 is 7.04. The molecule has 3 amide bonds. The maximum absolute atomic E-state index is 14.6. The van der Waals surface area contributed by atoms with Gasteiger partial charge in [-0.05, 0) is 62.1 Å². The number of halogens is 1. The molecule has 0 aliphatic carbocycles. The second kappa shape index (κ2) is 11.3. The van der Waals surface area contributed by atoms with Gasteiger partial charge in [0.05, 0.1) is 17.4 Å². The predicted octanol–water partition coefficient (Wildman–Crippen LogP) is 4.37. The van der Waals surface area contributed by atoms with Crippen molar-refractivity contribution in [2.75, 3.05) is 36.0 Å². The molecule has 2 fully saturated rings. The lowest BCUT2D eigenvalue weighted by Gasteiger charge is -2.38. The van der Waals surface area contributed by atoms with E-state index in [-0.39, 0.29) is 24.3 Å². The molecule has 2 saturated heterocycles. The lowest BCUT2D eigenvalue weighted by Crippen LogP contribution is -2.56. The maximum atomic E-state index is 14.6. The van der Waals surface area contributed by atoms with Crippen molar-refractivity contribution in [3.05, 3.63) is 83.9 Å². The summed E-state index contributed by atoms with van der Waals surface area (Å²) in [5, 5.41) is 9.88. The second-order valence-electron chi connectivity index (χ2n) is 11.5. The quantitative estimate of drug-likeness (QED) is 0.365. The Balaban J connectivity index is 1.46. The number of unbranched alkanes of at least 4 members (excludes halogenated alkanes) is 2. The number of aliphatic hydroxyl groups excluding tert-OH is 1. The van der Waals surface area contributed by atoms with Gasteiger partial charge >= 0.3 is 0 Å². The van der Waals surface area contributed by atoms with Crippen LogP contribution in [0.2, 0.25) is 5.02 Å². The van der Waals surface area contributed by atoms with Gasteiger partial charge in [0.2, 0.25) is 11.8 Å². The van der Waals surface area contributed by atoms with Crippen molar-refractivity contribution >= 4 is 40.7 Å². The SMILES string of the molecule is CC[C@@]12C=CCN(c3ccccc3)C(=O)[C@@H]1[C@H]1C(=O)N(CCCCCO)C3C(=O)N(c4ccc(Cl)cc4)CC=C[C@@]31O2. The summed E-state index contributed by atoms with van der Waals surface area (Å²) in [4.78, 5) is 48.6. The van der Waals surface area contributed by atoms with E-state index in [1.54, 1.807) is 39.0 Å². The highest BCUT2D eigenvalue weighted by molar-refractivity contribution is 6.30. The number of aliphatic hydroxyl groups is 1. The van der Waals surface area contributed by atoms with Crippen molar-refractivity contribution in [2.24, 2.45) is 11.8 Å². The molecule has 42 heavy (non-hydrogen) atoms. The van der Waals surface area contributed by atoms with Crippen molar-refractivity contribution in [3.63, 3.8) is 0 Å². The third kappa shape index (κ3) is 4.48. The normalized spacial score (nSPS) is 30.3. The summed E-state index contributed by atoms with van der Waals surface area (Å²) in [5.74, 6) is -2.34. The topological polar surface area (TPSA) is 90.4 Å². The average Bonchev–Trinajstić information content (AvgIpc) is 3.28. The van der Waals surface area contributed by atoms with Crippen LogP contribution in [0.4, 0.5) is 11.4 Å². The van der Waals surface area contributed by atoms with Crippen LogP contribution in [0.25, 0.3) is 0 Å². The largest absolute Gasteiger partial charge is 0.396 e. The van der Waals surface area contributed by atoms with Gasteiger partial charge in [-0.15, -0.1) is 0 Å². The molecule has 1 N–H and O–H groups in total. The van der Waals surface area contributed by atoms with Crippen molar-refractivity contribution in [2.45, 2.75) is 49.9 Å². The molecule has 8 nitrogen and oxygen atoms in total. The average molecular weight is 590 g/mol. The van der Waals surface area contributed by atoms with Crippen LogP contribution in [0.5, 0.6) is 0 Å². The number of nitrogens with zero attached hydrogens (tertiary/aromatic N) is 3. The second-order valence-corrected chi connectivity index (χ2v) is 11.9. The number of rotatable bonds is 8. The van der Waals surface area contributed by atoms with Crippen LogP contribution in [-0.4, -0.2) is 71.2 Å². The smallest absolute Gasteiger partial charge is 0.253 e. The Labute approximate surface area is 251 Å². The van der Waals surface area contributed by atoms with Gasteiger partial charge in [0.1, 0.15) is 11.6 Å². The number of likely N-dealkylation sites (tertiary alicyclic amines) is 1. The highest BCUT2D eigenvalue weighted by Crippen LogP contribution is 2.58. The minimum absolute atomic E-state index is 0.0658. The van der Waals surface area contributed by atoms with Crippen molar-refractivity contribution in [1.82, 2.24) is 4.90 Å². The molecule has 0 aromatic heterocycles. The number of fused-ring (bicyclic) bond motifs is 2. The Kier molecular flexibility index (Phi) is 7.72. The minimum Gasteiger partial charge on any atom is -0.396 e. The standard InChI is InChI=1S/C33H36ClN3O5/c1-2-32-17-9-20-35(24-11-5-3-6-12-24)29(39)26(32)27-30(40)37(19-7-4-8-22-38)28-31(41)36(21-10-18-33(27,28)42-32)25-15-13-23(34)14-16-25/h3,5-6,9-18,26-28,38H,2,4,7-8,19-22H2,1H3/t26-,27-,28?,32+,33-/m0/s1. The van der Waals surface area contributed by atoms with Gasteiger partial charge in [0, 0.05) is 42.6 Å². The summed E-state index contributed by atoms with van der Waals surface area (Å²) >= 11 is 6.14. The number of amides is 3. The molecule has 2 aromatic rings. The van der Waals surface area contributed by atoms with E-state index < -0.39 is 29.1 Å². The van der Waals surface area contributed by atoms with Gasteiger partial charge in [0.25, 0.3) is 5.91 Å². The fourth-order valence-corrected chi connectivity index (χ4v) is 7.39. The number of hydrogen-bond donors (Lipinski definition) is 1. The first-order valence-electron chi connectivity index (χ1n) is 14.8. The molecule has 4 aliphatic heterocycles. The maximum Gasteiger partial charge on any atom is 0.253 e. The third-order valence-electron chi connectivity index (χ3n) is 9.20. The van der Waals surface area contributed by atoms with E-state index in [2.05, 4.69) is 0 Å². The van der Waals surface area contributed by atoms with Crippen LogP contribution in [0.15, 0.2) is 78.9 Å². The predicted molar refractivity (Wildman–Crippen MR) is 161 cm³/mol. The van der Waals surface area contributed by atoms with Crippen LogP contribution in [0.1, 0.15) is 32.6 Å². The van der Waals surface area contributed by atoms with Gasteiger partial charge in [-0.2, -0.15) is 0 Å². The number of carbonyl (C=O) groups excluding carboxylic acids is 3. The summed E-state index contributed by atoms with van der Waals surface area (Å²) in [6.45, 7) is 3.03. The fraction of sp³-hybridized carbons (Fsp3) is 0.424. The zero-order valence-electron chi connectivity index (χ0n) is 23.7. The summed E-state index contributed by atoms with van der Waals surface area (Å²) in [7, 11) is 0. The molecular weight excluding hydrogens is 554 g/mol. The summed E-state index contributed by atoms with van der Waals surface area (Å²) in [6, 6.07) is 15.6. The molecule has 5 atom stereocenters. The number of benzene rings is 2. The first kappa shape index (κ1) is 28.6. The van der Waals surface area contributed by atoms with Gasteiger partial charge in [-0.1, -0.05) is 61.0 Å². The van der Waals surface area contributed by atoms with Gasteiger partial charge in [0.15, 0.2) is 0 Å². The highest BCUT2D eigenvalue weighted by Gasteiger charge is 2.75. The molecule has 0 radical (unpaired) electrons. The van der Waals surface area contributed by atoms with Crippen molar-refractivity contribution in [3.8, 4) is 0 Å². The van der Waals surface area contributed by atoms with E-state index >= 15 is 0 Å². The first-order valence-corrected chi connectivity index (χ1v) is 15.1. The van der Waals surface area contributed by atoms with Crippen molar-refractivity contribution in [1.29, 1.82) is 0 Å². The molecule has 0 bridgehead atoms. The van der Waals surface area contributed by atoms with E-state index in [9.17, 15) is 19.5 Å². The molecule has 0 saturated carbocycles. The minimum atomic E-state index is -1.31. The number of para-hydroxylation sites is 1. The molecule has 1 spiro atoms. The molecule has 6 rings (SSSR count). The van der Waals surface area contributed by atoms with Gasteiger partial charge in [-0.25, -0.2) is 0 Å².